The van der Waals surface area contributed by atoms with Crippen molar-refractivity contribution in [2.24, 2.45) is 10.9 Å². The summed E-state index contributed by atoms with van der Waals surface area (Å²) in [7, 11) is -2.58. The molecular weight excluding hydrogens is 234 g/mol. The number of amides is 1. The minimum absolute atomic E-state index is 0.0568. The van der Waals surface area contributed by atoms with Gasteiger partial charge in [0.15, 0.2) is 0 Å². The molecule has 0 aliphatic heterocycles. The summed E-state index contributed by atoms with van der Waals surface area (Å²) in [6.07, 6.45) is 0. The topological polar surface area (TPSA) is 125 Å². The summed E-state index contributed by atoms with van der Waals surface area (Å²) in [5.74, 6) is -0.445. The molecule has 0 spiro atoms. The second kappa shape index (κ2) is 4.37. The van der Waals surface area contributed by atoms with E-state index < -0.39 is 16.1 Å². The molecule has 1 aromatic carbocycles. The zero-order chi connectivity index (χ0) is 12.3. The van der Waals surface area contributed by atoms with Crippen LogP contribution in [0.1, 0.15) is 10.4 Å². The van der Waals surface area contributed by atoms with Crippen LogP contribution in [0.5, 0.6) is 5.75 Å². The van der Waals surface area contributed by atoms with Crippen molar-refractivity contribution < 1.29 is 17.9 Å². The summed E-state index contributed by atoms with van der Waals surface area (Å²) in [6.45, 7) is 0. The summed E-state index contributed by atoms with van der Waals surface area (Å²) < 4.78 is 28.6. The Labute approximate surface area is 92.6 Å². The van der Waals surface area contributed by atoms with Crippen molar-refractivity contribution in [3.8, 4) is 5.75 Å². The fourth-order valence-corrected chi connectivity index (χ4v) is 1.56. The van der Waals surface area contributed by atoms with Gasteiger partial charge in [0.05, 0.1) is 12.8 Å². The Morgan fingerprint density at radius 2 is 2.06 bits per heavy atom. The van der Waals surface area contributed by atoms with Crippen molar-refractivity contribution in [1.29, 1.82) is 0 Å². The van der Waals surface area contributed by atoms with Crippen molar-refractivity contribution in [2.45, 2.75) is 0 Å². The van der Waals surface area contributed by atoms with Crippen molar-refractivity contribution in [1.82, 2.24) is 0 Å². The van der Waals surface area contributed by atoms with Crippen LogP contribution in [0, 0.1) is 0 Å². The van der Waals surface area contributed by atoms with Gasteiger partial charge in [-0.05, 0) is 18.2 Å². The lowest BCUT2D eigenvalue weighted by molar-refractivity contribution is 0.100. The second-order valence-corrected chi connectivity index (χ2v) is 4.22. The maximum absolute atomic E-state index is 10.9. The smallest absolute Gasteiger partial charge is 0.296 e. The first-order valence-electron chi connectivity index (χ1n) is 4.12. The van der Waals surface area contributed by atoms with Gasteiger partial charge in [-0.2, -0.15) is 8.42 Å². The van der Waals surface area contributed by atoms with Crippen LogP contribution in [0.15, 0.2) is 18.2 Å². The number of anilines is 1. The molecule has 0 saturated heterocycles. The van der Waals surface area contributed by atoms with Gasteiger partial charge in [0.1, 0.15) is 5.75 Å². The average Bonchev–Trinajstić information content (AvgIpc) is 2.15. The van der Waals surface area contributed by atoms with Gasteiger partial charge < -0.3 is 10.5 Å². The van der Waals surface area contributed by atoms with Gasteiger partial charge in [-0.25, -0.2) is 5.14 Å². The van der Waals surface area contributed by atoms with Gasteiger partial charge in [0.2, 0.25) is 5.91 Å². The zero-order valence-electron chi connectivity index (χ0n) is 8.43. The van der Waals surface area contributed by atoms with Gasteiger partial charge in [0, 0.05) is 5.56 Å². The highest BCUT2D eigenvalue weighted by Gasteiger charge is 2.11. The lowest BCUT2D eigenvalue weighted by Crippen LogP contribution is -2.22. The van der Waals surface area contributed by atoms with Crippen LogP contribution >= 0.6 is 0 Å². The maximum Gasteiger partial charge on any atom is 0.296 e. The molecule has 0 aliphatic carbocycles. The van der Waals surface area contributed by atoms with E-state index in [0.717, 1.165) is 0 Å². The number of carbonyl (C=O) groups excluding carboxylic acids is 1. The number of benzene rings is 1. The molecule has 8 heteroatoms. The molecule has 0 aromatic heterocycles. The number of primary amides is 1. The lowest BCUT2D eigenvalue weighted by atomic mass is 10.2. The van der Waals surface area contributed by atoms with Crippen LogP contribution < -0.4 is 20.3 Å². The average molecular weight is 245 g/mol. The monoisotopic (exact) mass is 245 g/mol. The molecule has 7 nitrogen and oxygen atoms in total. The van der Waals surface area contributed by atoms with Crippen molar-refractivity contribution in [3.05, 3.63) is 23.8 Å². The zero-order valence-corrected chi connectivity index (χ0v) is 9.24. The molecule has 1 rings (SSSR count). The standard InChI is InChI=1S/C8H11N3O4S/c1-15-7-3-2-5(8(9)12)4-6(7)11-16(10,13)14/h2-4,11H,1H3,(H2,9,12)(H2,10,13,14). The minimum atomic E-state index is -3.93. The number of nitrogens with one attached hydrogen (secondary N) is 1. The Kier molecular flexibility index (Phi) is 3.35. The normalized spacial score (nSPS) is 10.9. The predicted molar refractivity (Wildman–Crippen MR) is 58.2 cm³/mol. The summed E-state index contributed by atoms with van der Waals surface area (Å²) in [5, 5.41) is 4.81. The van der Waals surface area contributed by atoms with E-state index in [4.69, 9.17) is 15.6 Å². The molecule has 0 atom stereocenters. The van der Waals surface area contributed by atoms with E-state index in [1.165, 1.54) is 25.3 Å². The highest BCUT2D eigenvalue weighted by molar-refractivity contribution is 7.90. The first-order chi connectivity index (χ1) is 7.33. The number of rotatable bonds is 4. The number of hydrogen-bond donors (Lipinski definition) is 3. The molecule has 0 radical (unpaired) electrons. The molecule has 0 fully saturated rings. The van der Waals surface area contributed by atoms with Crippen LogP contribution in [-0.4, -0.2) is 21.4 Å². The van der Waals surface area contributed by atoms with E-state index in [1.807, 2.05) is 4.72 Å². The number of hydrogen-bond acceptors (Lipinski definition) is 4. The van der Waals surface area contributed by atoms with Crippen LogP contribution in [-0.2, 0) is 10.2 Å². The van der Waals surface area contributed by atoms with Gasteiger partial charge in [0.25, 0.3) is 10.2 Å². The number of ether oxygens (including phenoxy) is 1. The minimum Gasteiger partial charge on any atom is -0.495 e. The summed E-state index contributed by atoms with van der Waals surface area (Å²) >= 11 is 0. The molecule has 1 amide bonds. The van der Waals surface area contributed by atoms with E-state index in [2.05, 4.69) is 0 Å². The Bertz CT molecular complexity index is 512. The highest BCUT2D eigenvalue weighted by Crippen LogP contribution is 2.25. The predicted octanol–water partition coefficient (Wildman–Crippen LogP) is -0.590. The maximum atomic E-state index is 10.9. The molecule has 16 heavy (non-hydrogen) atoms. The summed E-state index contributed by atoms with van der Waals surface area (Å²) in [5.41, 5.74) is 5.25. The third kappa shape index (κ3) is 3.11. The Morgan fingerprint density at radius 1 is 1.44 bits per heavy atom. The van der Waals surface area contributed by atoms with Gasteiger partial charge in [-0.15, -0.1) is 0 Å². The van der Waals surface area contributed by atoms with E-state index in [-0.39, 0.29) is 17.0 Å². The molecule has 1 aromatic rings. The summed E-state index contributed by atoms with van der Waals surface area (Å²) in [6, 6.07) is 4.06. The van der Waals surface area contributed by atoms with Crippen LogP contribution in [0.25, 0.3) is 0 Å². The molecule has 88 valence electrons. The second-order valence-electron chi connectivity index (χ2n) is 2.93. The molecule has 0 heterocycles. The molecule has 5 N–H and O–H groups in total. The van der Waals surface area contributed by atoms with E-state index >= 15 is 0 Å². The molecule has 0 bridgehead atoms. The highest BCUT2D eigenvalue weighted by atomic mass is 32.2. The lowest BCUT2D eigenvalue weighted by Gasteiger charge is -2.10. The van der Waals surface area contributed by atoms with Gasteiger partial charge >= 0.3 is 0 Å². The van der Waals surface area contributed by atoms with E-state index in [1.54, 1.807) is 0 Å². The van der Waals surface area contributed by atoms with Crippen LogP contribution in [0.4, 0.5) is 5.69 Å². The van der Waals surface area contributed by atoms with Crippen molar-refractivity contribution in [2.75, 3.05) is 11.8 Å². The first-order valence-corrected chi connectivity index (χ1v) is 5.66. The number of methoxy groups -OCH3 is 1. The van der Waals surface area contributed by atoms with Crippen LogP contribution in [0.3, 0.4) is 0 Å². The quantitative estimate of drug-likeness (QED) is 0.655. The Morgan fingerprint density at radius 3 is 2.50 bits per heavy atom. The molecule has 0 aliphatic rings. The van der Waals surface area contributed by atoms with Crippen molar-refractivity contribution in [3.63, 3.8) is 0 Å². The van der Waals surface area contributed by atoms with Gasteiger partial charge in [-0.3, -0.25) is 9.52 Å². The molecule has 0 saturated carbocycles. The Balaban J connectivity index is 3.22. The fourth-order valence-electron chi connectivity index (χ4n) is 1.09. The van der Waals surface area contributed by atoms with E-state index in [0.29, 0.717) is 0 Å². The summed E-state index contributed by atoms with van der Waals surface area (Å²) in [4.78, 5) is 10.9. The third-order valence-corrected chi connectivity index (χ3v) is 2.24. The van der Waals surface area contributed by atoms with Crippen molar-refractivity contribution >= 4 is 21.8 Å². The molecule has 0 unspecified atom stereocenters. The number of carbonyl (C=O) groups is 1. The fraction of sp³-hybridized carbons (Fsp3) is 0.125. The Hall–Kier alpha value is -1.80. The molecular formula is C8H11N3O4S. The van der Waals surface area contributed by atoms with Crippen LogP contribution in [0.2, 0.25) is 0 Å². The van der Waals surface area contributed by atoms with E-state index in [9.17, 15) is 13.2 Å². The van der Waals surface area contributed by atoms with Gasteiger partial charge in [-0.1, -0.05) is 0 Å². The SMILES string of the molecule is COc1ccc(C(N)=O)cc1NS(N)(=O)=O. The number of nitrogens with two attached hydrogens (primary N) is 2. The third-order valence-electron chi connectivity index (χ3n) is 1.74. The largest absolute Gasteiger partial charge is 0.495 e. The first kappa shape index (κ1) is 12.3.